The number of aromatic nitrogens is 3. The summed E-state index contributed by atoms with van der Waals surface area (Å²) in [6, 6.07) is 46.7. The lowest BCUT2D eigenvalue weighted by Gasteiger charge is -2.12. The maximum Gasteiger partial charge on any atom is 0.0715 e. The Morgan fingerprint density at radius 2 is 0.775 bits per heavy atom. The third-order valence-electron chi connectivity index (χ3n) is 7.60. The lowest BCUT2D eigenvalue weighted by molar-refractivity contribution is 1.32. The van der Waals surface area contributed by atoms with Crippen LogP contribution in [0.4, 0.5) is 0 Å². The summed E-state index contributed by atoms with van der Waals surface area (Å²) in [5.74, 6) is 0. The van der Waals surface area contributed by atoms with Gasteiger partial charge < -0.3 is 0 Å². The molecule has 0 fully saturated rings. The molecule has 0 N–H and O–H groups in total. The predicted molar refractivity (Wildman–Crippen MR) is 166 cm³/mol. The molecular formula is C37H23N3. The van der Waals surface area contributed by atoms with Crippen molar-refractivity contribution in [2.75, 3.05) is 0 Å². The predicted octanol–water partition coefficient (Wildman–Crippen LogP) is 9.49. The Kier molecular flexibility index (Phi) is 5.14. The minimum Gasteiger partial charge on any atom is -0.256 e. The molecule has 5 aromatic carbocycles. The third kappa shape index (κ3) is 3.96. The second kappa shape index (κ2) is 9.11. The van der Waals surface area contributed by atoms with E-state index in [1.807, 2.05) is 24.4 Å². The van der Waals surface area contributed by atoms with Gasteiger partial charge in [0.2, 0.25) is 0 Å². The SMILES string of the molecule is c1ccc(-c2cc(-c3ccc4cc5ccccc5cc4n3)cc(-c3ccc4cc5ccccc5cc4n3)c2)nc1. The Morgan fingerprint density at radius 1 is 0.325 bits per heavy atom. The van der Waals surface area contributed by atoms with Crippen LogP contribution in [0.25, 0.3) is 77.1 Å². The summed E-state index contributed by atoms with van der Waals surface area (Å²) in [5, 5.41) is 7.09. The smallest absolute Gasteiger partial charge is 0.0715 e. The Balaban J connectivity index is 1.31. The van der Waals surface area contributed by atoms with Gasteiger partial charge in [-0.1, -0.05) is 66.7 Å². The molecule has 40 heavy (non-hydrogen) atoms. The summed E-state index contributed by atoms with van der Waals surface area (Å²) >= 11 is 0. The van der Waals surface area contributed by atoms with Gasteiger partial charge in [-0.15, -0.1) is 0 Å². The van der Waals surface area contributed by atoms with Crippen LogP contribution >= 0.6 is 0 Å². The van der Waals surface area contributed by atoms with Gasteiger partial charge in [0.05, 0.1) is 28.1 Å². The second-order valence-corrected chi connectivity index (χ2v) is 10.2. The Morgan fingerprint density at radius 3 is 1.25 bits per heavy atom. The third-order valence-corrected chi connectivity index (χ3v) is 7.60. The van der Waals surface area contributed by atoms with Crippen LogP contribution in [0.5, 0.6) is 0 Å². The number of rotatable bonds is 3. The summed E-state index contributed by atoms with van der Waals surface area (Å²) in [6.07, 6.45) is 1.83. The van der Waals surface area contributed by atoms with Crippen molar-refractivity contribution in [2.45, 2.75) is 0 Å². The lowest BCUT2D eigenvalue weighted by atomic mass is 9.97. The van der Waals surface area contributed by atoms with Crippen molar-refractivity contribution in [3.05, 3.63) is 140 Å². The van der Waals surface area contributed by atoms with Gasteiger partial charge in [0.15, 0.2) is 0 Å². The van der Waals surface area contributed by atoms with Crippen LogP contribution in [0, 0.1) is 0 Å². The number of hydrogen-bond donors (Lipinski definition) is 0. The zero-order valence-corrected chi connectivity index (χ0v) is 21.6. The Labute approximate surface area is 231 Å². The molecule has 0 unspecified atom stereocenters. The highest BCUT2D eigenvalue weighted by Gasteiger charge is 2.12. The van der Waals surface area contributed by atoms with E-state index in [1.165, 1.54) is 21.5 Å². The summed E-state index contributed by atoms with van der Waals surface area (Å²) in [6.45, 7) is 0. The van der Waals surface area contributed by atoms with Gasteiger partial charge in [-0.3, -0.25) is 4.98 Å². The molecule has 0 saturated heterocycles. The van der Waals surface area contributed by atoms with E-state index in [9.17, 15) is 0 Å². The first-order valence-electron chi connectivity index (χ1n) is 13.4. The fraction of sp³-hybridized carbons (Fsp3) is 0. The van der Waals surface area contributed by atoms with Crippen LogP contribution in [0.2, 0.25) is 0 Å². The van der Waals surface area contributed by atoms with E-state index in [0.29, 0.717) is 0 Å². The van der Waals surface area contributed by atoms with Crippen molar-refractivity contribution in [3.63, 3.8) is 0 Å². The second-order valence-electron chi connectivity index (χ2n) is 10.2. The summed E-state index contributed by atoms with van der Waals surface area (Å²) in [7, 11) is 0. The number of fused-ring (bicyclic) bond motifs is 4. The fourth-order valence-electron chi connectivity index (χ4n) is 5.55. The standard InChI is InChI=1S/C37H23N3/c1-3-9-26-22-36-28(17-24(26)7-1)12-14-34(39-36)31-19-30(33-11-5-6-16-38-33)20-32(21-31)35-15-13-29-18-25-8-2-4-10-27(25)23-37(29)40-35/h1-23H. The van der Waals surface area contributed by atoms with Gasteiger partial charge in [-0.2, -0.15) is 0 Å². The van der Waals surface area contributed by atoms with Gasteiger partial charge >= 0.3 is 0 Å². The van der Waals surface area contributed by atoms with Crippen LogP contribution in [0.1, 0.15) is 0 Å². The molecule has 186 valence electrons. The summed E-state index contributed by atoms with van der Waals surface area (Å²) < 4.78 is 0. The molecule has 0 spiro atoms. The van der Waals surface area contributed by atoms with Crippen molar-refractivity contribution in [3.8, 4) is 33.8 Å². The van der Waals surface area contributed by atoms with Crippen LogP contribution in [-0.2, 0) is 0 Å². The summed E-state index contributed by atoms with van der Waals surface area (Å²) in [4.78, 5) is 14.9. The highest BCUT2D eigenvalue weighted by atomic mass is 14.7. The van der Waals surface area contributed by atoms with E-state index in [-0.39, 0.29) is 0 Å². The van der Waals surface area contributed by atoms with Crippen LogP contribution < -0.4 is 0 Å². The normalized spacial score (nSPS) is 11.5. The molecule has 0 aliphatic rings. The highest BCUT2D eigenvalue weighted by molar-refractivity contribution is 5.98. The average molecular weight is 510 g/mol. The lowest BCUT2D eigenvalue weighted by Crippen LogP contribution is -1.92. The Bertz CT molecular complexity index is 2080. The van der Waals surface area contributed by atoms with Crippen molar-refractivity contribution >= 4 is 43.4 Å². The van der Waals surface area contributed by atoms with Gasteiger partial charge in [0.25, 0.3) is 0 Å². The molecule has 0 saturated carbocycles. The molecular weight excluding hydrogens is 486 g/mol. The van der Waals surface area contributed by atoms with Crippen molar-refractivity contribution in [1.82, 2.24) is 15.0 Å². The molecule has 0 aliphatic heterocycles. The maximum atomic E-state index is 5.11. The number of nitrogens with zero attached hydrogens (tertiary/aromatic N) is 3. The fourth-order valence-corrected chi connectivity index (χ4v) is 5.55. The molecule has 0 radical (unpaired) electrons. The number of pyridine rings is 3. The molecule has 3 heteroatoms. The molecule has 3 nitrogen and oxygen atoms in total. The van der Waals surface area contributed by atoms with Crippen LogP contribution in [0.3, 0.4) is 0 Å². The summed E-state index contributed by atoms with van der Waals surface area (Å²) in [5.41, 5.74) is 7.84. The molecule has 0 amide bonds. The molecule has 0 atom stereocenters. The first kappa shape index (κ1) is 22.6. The first-order chi connectivity index (χ1) is 19.8. The van der Waals surface area contributed by atoms with E-state index in [4.69, 9.17) is 9.97 Å². The van der Waals surface area contributed by atoms with Gasteiger partial charge in [-0.25, -0.2) is 9.97 Å². The van der Waals surface area contributed by atoms with E-state index in [0.717, 1.165) is 55.6 Å². The monoisotopic (exact) mass is 509 g/mol. The molecule has 3 aromatic heterocycles. The van der Waals surface area contributed by atoms with E-state index < -0.39 is 0 Å². The molecule has 8 rings (SSSR count). The van der Waals surface area contributed by atoms with Crippen LogP contribution in [0.15, 0.2) is 140 Å². The molecule has 8 aromatic rings. The number of hydrogen-bond acceptors (Lipinski definition) is 3. The zero-order chi connectivity index (χ0) is 26.5. The van der Waals surface area contributed by atoms with Gasteiger partial charge in [0.1, 0.15) is 0 Å². The minimum atomic E-state index is 0.921. The molecule has 3 heterocycles. The maximum absolute atomic E-state index is 5.11. The van der Waals surface area contributed by atoms with Gasteiger partial charge in [-0.05, 0) is 88.3 Å². The molecule has 0 bridgehead atoms. The Hall–Kier alpha value is -5.41. The van der Waals surface area contributed by atoms with Crippen molar-refractivity contribution < 1.29 is 0 Å². The molecule has 0 aliphatic carbocycles. The van der Waals surface area contributed by atoms with E-state index in [1.54, 1.807) is 0 Å². The average Bonchev–Trinajstić information content (AvgIpc) is 3.02. The van der Waals surface area contributed by atoms with E-state index >= 15 is 0 Å². The quantitative estimate of drug-likeness (QED) is 0.223. The largest absolute Gasteiger partial charge is 0.256 e. The number of benzene rings is 5. The van der Waals surface area contributed by atoms with Gasteiger partial charge in [0, 0.05) is 33.7 Å². The van der Waals surface area contributed by atoms with E-state index in [2.05, 4.69) is 120 Å². The first-order valence-corrected chi connectivity index (χ1v) is 13.4. The zero-order valence-electron chi connectivity index (χ0n) is 21.6. The highest BCUT2D eigenvalue weighted by Crippen LogP contribution is 2.33. The van der Waals surface area contributed by atoms with Crippen molar-refractivity contribution in [1.29, 1.82) is 0 Å². The van der Waals surface area contributed by atoms with Crippen LogP contribution in [-0.4, -0.2) is 15.0 Å². The van der Waals surface area contributed by atoms with Crippen molar-refractivity contribution in [2.24, 2.45) is 0 Å². The minimum absolute atomic E-state index is 0.921. The topological polar surface area (TPSA) is 38.7 Å².